The number of rotatable bonds is 3. The Morgan fingerprint density at radius 1 is 1.38 bits per heavy atom. The standard InChI is InChI=1S/C9H17F2NO/c1-9(10,11)6-12-7-4-2-3-5-8(7)13/h7-8,12-13H,2-6H2,1H3. The third kappa shape index (κ3) is 4.00. The van der Waals surface area contributed by atoms with E-state index in [2.05, 4.69) is 5.32 Å². The van der Waals surface area contributed by atoms with Gasteiger partial charge in [-0.3, -0.25) is 0 Å². The molecule has 1 saturated carbocycles. The van der Waals surface area contributed by atoms with Crippen molar-refractivity contribution in [2.75, 3.05) is 6.54 Å². The van der Waals surface area contributed by atoms with E-state index in [4.69, 9.17) is 0 Å². The Morgan fingerprint density at radius 3 is 2.54 bits per heavy atom. The average Bonchev–Trinajstić information content (AvgIpc) is 2.01. The van der Waals surface area contributed by atoms with Crippen molar-refractivity contribution >= 4 is 0 Å². The predicted octanol–water partition coefficient (Wildman–Crippen LogP) is 1.53. The summed E-state index contributed by atoms with van der Waals surface area (Å²) in [5.41, 5.74) is 0. The van der Waals surface area contributed by atoms with Gasteiger partial charge < -0.3 is 10.4 Å². The van der Waals surface area contributed by atoms with E-state index in [9.17, 15) is 13.9 Å². The molecule has 1 fully saturated rings. The molecule has 1 rings (SSSR count). The van der Waals surface area contributed by atoms with Crippen molar-refractivity contribution in [3.63, 3.8) is 0 Å². The Balaban J connectivity index is 2.27. The molecule has 0 aromatic carbocycles. The van der Waals surface area contributed by atoms with Crippen molar-refractivity contribution in [1.82, 2.24) is 5.32 Å². The SMILES string of the molecule is CC(F)(F)CNC1CCCCC1O. The average molecular weight is 193 g/mol. The molecule has 13 heavy (non-hydrogen) atoms. The predicted molar refractivity (Wildman–Crippen MR) is 46.9 cm³/mol. The van der Waals surface area contributed by atoms with Crippen LogP contribution in [0.1, 0.15) is 32.6 Å². The lowest BCUT2D eigenvalue weighted by atomic mass is 9.92. The Kier molecular flexibility index (Phi) is 3.62. The van der Waals surface area contributed by atoms with Gasteiger partial charge in [0.25, 0.3) is 5.92 Å². The maximum Gasteiger partial charge on any atom is 0.257 e. The molecule has 2 atom stereocenters. The van der Waals surface area contributed by atoms with Crippen LogP contribution < -0.4 is 5.32 Å². The molecule has 0 heterocycles. The summed E-state index contributed by atoms with van der Waals surface area (Å²) >= 11 is 0. The summed E-state index contributed by atoms with van der Waals surface area (Å²) in [6.07, 6.45) is 3.10. The largest absolute Gasteiger partial charge is 0.392 e. The summed E-state index contributed by atoms with van der Waals surface area (Å²) in [4.78, 5) is 0. The summed E-state index contributed by atoms with van der Waals surface area (Å²) in [6, 6.07) is -0.139. The summed E-state index contributed by atoms with van der Waals surface area (Å²) in [5.74, 6) is -2.68. The fourth-order valence-electron chi connectivity index (χ4n) is 1.66. The molecule has 2 nitrogen and oxygen atoms in total. The van der Waals surface area contributed by atoms with E-state index in [1.165, 1.54) is 0 Å². The number of alkyl halides is 2. The lowest BCUT2D eigenvalue weighted by Gasteiger charge is -2.29. The van der Waals surface area contributed by atoms with E-state index >= 15 is 0 Å². The van der Waals surface area contributed by atoms with E-state index in [1.807, 2.05) is 0 Å². The van der Waals surface area contributed by atoms with Crippen molar-refractivity contribution in [2.45, 2.75) is 50.7 Å². The first-order chi connectivity index (χ1) is 5.99. The minimum absolute atomic E-state index is 0.139. The van der Waals surface area contributed by atoms with Crippen LogP contribution in [-0.2, 0) is 0 Å². The van der Waals surface area contributed by atoms with Crippen LogP contribution in [0.25, 0.3) is 0 Å². The van der Waals surface area contributed by atoms with E-state index in [-0.39, 0.29) is 12.6 Å². The van der Waals surface area contributed by atoms with E-state index in [0.717, 1.165) is 32.6 Å². The van der Waals surface area contributed by atoms with Crippen LogP contribution in [0, 0.1) is 0 Å². The molecular formula is C9H17F2NO. The Morgan fingerprint density at radius 2 is 2.00 bits per heavy atom. The highest BCUT2D eigenvalue weighted by atomic mass is 19.3. The molecule has 1 aliphatic rings. The Bertz CT molecular complexity index is 158. The summed E-state index contributed by atoms with van der Waals surface area (Å²) in [6.45, 7) is 0.546. The molecule has 0 aliphatic heterocycles. The minimum Gasteiger partial charge on any atom is -0.392 e. The van der Waals surface area contributed by atoms with Gasteiger partial charge in [0, 0.05) is 13.0 Å². The molecule has 0 amide bonds. The van der Waals surface area contributed by atoms with Crippen molar-refractivity contribution in [3.05, 3.63) is 0 Å². The molecule has 0 saturated heterocycles. The van der Waals surface area contributed by atoms with Gasteiger partial charge in [0.15, 0.2) is 0 Å². The molecule has 0 bridgehead atoms. The molecule has 78 valence electrons. The highest BCUT2D eigenvalue weighted by Crippen LogP contribution is 2.19. The third-order valence-electron chi connectivity index (χ3n) is 2.40. The number of hydrogen-bond donors (Lipinski definition) is 2. The minimum atomic E-state index is -2.68. The normalized spacial score (nSPS) is 30.5. The van der Waals surface area contributed by atoms with Gasteiger partial charge >= 0.3 is 0 Å². The quantitative estimate of drug-likeness (QED) is 0.712. The molecule has 0 aromatic heterocycles. The first kappa shape index (κ1) is 10.9. The van der Waals surface area contributed by atoms with Gasteiger partial charge in [-0.15, -0.1) is 0 Å². The van der Waals surface area contributed by atoms with Crippen LogP contribution in [0.3, 0.4) is 0 Å². The lowest BCUT2D eigenvalue weighted by Crippen LogP contribution is -2.46. The van der Waals surface area contributed by atoms with E-state index in [1.54, 1.807) is 0 Å². The van der Waals surface area contributed by atoms with Gasteiger partial charge in [-0.25, -0.2) is 8.78 Å². The van der Waals surface area contributed by atoms with Crippen LogP contribution in [0.15, 0.2) is 0 Å². The Hall–Kier alpha value is -0.220. The first-order valence-electron chi connectivity index (χ1n) is 4.78. The number of aliphatic hydroxyl groups excluding tert-OH is 1. The van der Waals surface area contributed by atoms with Crippen molar-refractivity contribution in [1.29, 1.82) is 0 Å². The zero-order valence-corrected chi connectivity index (χ0v) is 7.89. The van der Waals surface area contributed by atoms with E-state index in [0.29, 0.717) is 0 Å². The summed E-state index contributed by atoms with van der Waals surface area (Å²) in [7, 11) is 0. The summed E-state index contributed by atoms with van der Waals surface area (Å²) in [5, 5.41) is 12.2. The maximum absolute atomic E-state index is 12.5. The van der Waals surface area contributed by atoms with E-state index < -0.39 is 12.0 Å². The molecule has 2 N–H and O–H groups in total. The topological polar surface area (TPSA) is 32.3 Å². The van der Waals surface area contributed by atoms with Gasteiger partial charge in [-0.2, -0.15) is 0 Å². The Labute approximate surface area is 77.3 Å². The zero-order chi connectivity index (χ0) is 9.90. The van der Waals surface area contributed by atoms with Crippen LogP contribution in [-0.4, -0.2) is 29.7 Å². The highest BCUT2D eigenvalue weighted by molar-refractivity contribution is 4.81. The van der Waals surface area contributed by atoms with Crippen molar-refractivity contribution in [3.8, 4) is 0 Å². The molecule has 0 spiro atoms. The van der Waals surface area contributed by atoms with Crippen LogP contribution in [0.4, 0.5) is 8.78 Å². The highest BCUT2D eigenvalue weighted by Gasteiger charge is 2.27. The number of nitrogens with one attached hydrogen (secondary N) is 1. The monoisotopic (exact) mass is 193 g/mol. The van der Waals surface area contributed by atoms with Crippen LogP contribution >= 0.6 is 0 Å². The number of hydrogen-bond acceptors (Lipinski definition) is 2. The number of aliphatic hydroxyl groups is 1. The second-order valence-corrected chi connectivity index (χ2v) is 3.91. The van der Waals surface area contributed by atoms with Gasteiger partial charge in [-0.05, 0) is 12.8 Å². The molecule has 0 radical (unpaired) electrons. The third-order valence-corrected chi connectivity index (χ3v) is 2.40. The van der Waals surface area contributed by atoms with Crippen molar-refractivity contribution < 1.29 is 13.9 Å². The smallest absolute Gasteiger partial charge is 0.257 e. The zero-order valence-electron chi connectivity index (χ0n) is 7.89. The fourth-order valence-corrected chi connectivity index (χ4v) is 1.66. The molecule has 4 heteroatoms. The molecule has 2 unspecified atom stereocenters. The van der Waals surface area contributed by atoms with Gasteiger partial charge in [-0.1, -0.05) is 12.8 Å². The summed E-state index contributed by atoms with van der Waals surface area (Å²) < 4.78 is 24.9. The second kappa shape index (κ2) is 4.33. The molecular weight excluding hydrogens is 176 g/mol. The first-order valence-corrected chi connectivity index (χ1v) is 4.78. The van der Waals surface area contributed by atoms with Gasteiger partial charge in [0.2, 0.25) is 0 Å². The maximum atomic E-state index is 12.5. The number of halogens is 2. The van der Waals surface area contributed by atoms with Gasteiger partial charge in [0.05, 0.1) is 12.6 Å². The van der Waals surface area contributed by atoms with Gasteiger partial charge in [0.1, 0.15) is 0 Å². The van der Waals surface area contributed by atoms with Crippen LogP contribution in [0.5, 0.6) is 0 Å². The second-order valence-electron chi connectivity index (χ2n) is 3.91. The molecule has 0 aromatic rings. The van der Waals surface area contributed by atoms with Crippen molar-refractivity contribution in [2.24, 2.45) is 0 Å². The lowest BCUT2D eigenvalue weighted by molar-refractivity contribution is 0.00809. The fraction of sp³-hybridized carbons (Fsp3) is 1.00. The molecule has 1 aliphatic carbocycles. The van der Waals surface area contributed by atoms with Crippen LogP contribution in [0.2, 0.25) is 0 Å².